The van der Waals surface area contributed by atoms with E-state index in [-0.39, 0.29) is 0 Å². The largest absolute Gasteiger partial charge is 0.462 e. The van der Waals surface area contributed by atoms with Crippen LogP contribution in [0.4, 0.5) is 5.69 Å². The van der Waals surface area contributed by atoms with Crippen molar-refractivity contribution >= 4 is 22.9 Å². The van der Waals surface area contributed by atoms with Gasteiger partial charge in [0.25, 0.3) is 11.3 Å². The Kier molecular flexibility index (Phi) is 8.00. The van der Waals surface area contributed by atoms with Gasteiger partial charge in [0, 0.05) is 6.54 Å². The van der Waals surface area contributed by atoms with Crippen LogP contribution in [0.1, 0.15) is 49.9 Å². The SMILES string of the molecule is CCCCOC(=O)c1ccccc1N(CCCC)S(=O)O. The first-order valence-electron chi connectivity index (χ1n) is 7.26. The van der Waals surface area contributed by atoms with Crippen LogP contribution in [0.5, 0.6) is 0 Å². The Labute approximate surface area is 128 Å². The van der Waals surface area contributed by atoms with E-state index in [1.54, 1.807) is 24.3 Å². The van der Waals surface area contributed by atoms with Crippen LogP contribution in [0.3, 0.4) is 0 Å². The zero-order valence-electron chi connectivity index (χ0n) is 12.6. The van der Waals surface area contributed by atoms with Crippen LogP contribution >= 0.6 is 0 Å². The predicted molar refractivity (Wildman–Crippen MR) is 84.7 cm³/mol. The van der Waals surface area contributed by atoms with E-state index < -0.39 is 17.2 Å². The molecule has 21 heavy (non-hydrogen) atoms. The maximum Gasteiger partial charge on any atom is 0.340 e. The molecule has 0 bridgehead atoms. The number of nitrogens with zero attached hydrogens (tertiary/aromatic N) is 1. The fourth-order valence-corrected chi connectivity index (χ4v) is 2.45. The number of esters is 1. The molecule has 118 valence electrons. The topological polar surface area (TPSA) is 66.8 Å². The number of anilines is 1. The van der Waals surface area contributed by atoms with Gasteiger partial charge in [0.15, 0.2) is 0 Å². The highest BCUT2D eigenvalue weighted by atomic mass is 32.2. The molecule has 0 spiro atoms. The van der Waals surface area contributed by atoms with Gasteiger partial charge in [0.05, 0.1) is 17.9 Å². The van der Waals surface area contributed by atoms with Gasteiger partial charge in [-0.15, -0.1) is 0 Å². The van der Waals surface area contributed by atoms with E-state index in [9.17, 15) is 13.6 Å². The zero-order chi connectivity index (χ0) is 15.7. The molecule has 0 radical (unpaired) electrons. The van der Waals surface area contributed by atoms with Crippen molar-refractivity contribution in [1.29, 1.82) is 0 Å². The van der Waals surface area contributed by atoms with Crippen LogP contribution in [0.25, 0.3) is 0 Å². The molecule has 1 N–H and O–H groups in total. The smallest absolute Gasteiger partial charge is 0.340 e. The number of hydrogen-bond acceptors (Lipinski definition) is 3. The molecule has 0 heterocycles. The molecule has 0 saturated carbocycles. The summed E-state index contributed by atoms with van der Waals surface area (Å²) in [5.41, 5.74) is 0.764. The molecule has 1 aromatic carbocycles. The fourth-order valence-electron chi connectivity index (χ4n) is 1.84. The molecule has 1 aromatic rings. The minimum absolute atomic E-state index is 0.326. The third-order valence-electron chi connectivity index (χ3n) is 3.03. The lowest BCUT2D eigenvalue weighted by atomic mass is 10.1. The van der Waals surface area contributed by atoms with Crippen LogP contribution < -0.4 is 4.31 Å². The van der Waals surface area contributed by atoms with Crippen LogP contribution in [0.2, 0.25) is 0 Å². The third-order valence-corrected chi connectivity index (χ3v) is 3.78. The highest BCUT2D eigenvalue weighted by Crippen LogP contribution is 2.23. The van der Waals surface area contributed by atoms with E-state index in [0.29, 0.717) is 24.4 Å². The van der Waals surface area contributed by atoms with Crippen LogP contribution in [-0.2, 0) is 16.0 Å². The van der Waals surface area contributed by atoms with Gasteiger partial charge in [-0.05, 0) is 25.0 Å². The summed E-state index contributed by atoms with van der Waals surface area (Å²) in [4.78, 5) is 12.1. The van der Waals surface area contributed by atoms with Crippen LogP contribution in [-0.4, -0.2) is 27.9 Å². The standard InChI is InChI=1S/C15H23NO4S/c1-3-5-11-16(21(18)19)14-10-8-7-9-13(14)15(17)20-12-6-4-2/h7-10H,3-6,11-12H2,1-2H3,(H,18,19). The van der Waals surface area contributed by atoms with Crippen LogP contribution in [0, 0.1) is 0 Å². The summed E-state index contributed by atoms with van der Waals surface area (Å²) in [5, 5.41) is 0. The second-order valence-electron chi connectivity index (χ2n) is 4.69. The van der Waals surface area contributed by atoms with Gasteiger partial charge in [0.1, 0.15) is 0 Å². The number of carbonyl (C=O) groups is 1. The lowest BCUT2D eigenvalue weighted by Gasteiger charge is -2.22. The minimum Gasteiger partial charge on any atom is -0.462 e. The molecule has 0 aliphatic carbocycles. The van der Waals surface area contributed by atoms with E-state index in [0.717, 1.165) is 25.7 Å². The molecule has 0 aliphatic rings. The summed E-state index contributed by atoms with van der Waals surface area (Å²) in [6.07, 6.45) is 3.42. The molecular weight excluding hydrogens is 290 g/mol. The highest BCUT2D eigenvalue weighted by molar-refractivity contribution is 7.80. The Morgan fingerprint density at radius 1 is 1.24 bits per heavy atom. The zero-order valence-corrected chi connectivity index (χ0v) is 13.4. The average molecular weight is 313 g/mol. The maximum atomic E-state index is 12.1. The normalized spacial score (nSPS) is 12.0. The van der Waals surface area contributed by atoms with Crippen molar-refractivity contribution in [3.05, 3.63) is 29.8 Å². The second kappa shape index (κ2) is 9.52. The molecule has 0 amide bonds. The molecule has 5 nitrogen and oxygen atoms in total. The van der Waals surface area contributed by atoms with Gasteiger partial charge >= 0.3 is 5.97 Å². The molecule has 1 atom stereocenters. The number of carbonyl (C=O) groups excluding carboxylic acids is 1. The summed E-state index contributed by atoms with van der Waals surface area (Å²) < 4.78 is 27.5. The Morgan fingerprint density at radius 2 is 1.90 bits per heavy atom. The van der Waals surface area contributed by atoms with Gasteiger partial charge in [-0.3, -0.25) is 8.86 Å². The molecular formula is C15H23NO4S. The lowest BCUT2D eigenvalue weighted by molar-refractivity contribution is 0.0500. The Hall–Kier alpha value is -1.40. The summed E-state index contributed by atoms with van der Waals surface area (Å²) in [6.45, 7) is 4.80. The van der Waals surface area contributed by atoms with E-state index in [4.69, 9.17) is 4.74 Å². The predicted octanol–water partition coefficient (Wildman–Crippen LogP) is 3.39. The molecule has 0 fully saturated rings. The van der Waals surface area contributed by atoms with Gasteiger partial charge in [-0.25, -0.2) is 9.00 Å². The first-order valence-corrected chi connectivity index (χ1v) is 8.32. The second-order valence-corrected chi connectivity index (χ2v) is 5.60. The molecule has 0 aliphatic heterocycles. The summed E-state index contributed by atoms with van der Waals surface area (Å²) in [5.74, 6) is -0.453. The van der Waals surface area contributed by atoms with Gasteiger partial charge < -0.3 is 4.74 Å². The van der Waals surface area contributed by atoms with Crippen molar-refractivity contribution in [2.75, 3.05) is 17.5 Å². The Bertz CT molecular complexity index is 478. The number of unbranched alkanes of at least 4 members (excludes halogenated alkanes) is 2. The van der Waals surface area contributed by atoms with Crippen molar-refractivity contribution in [2.24, 2.45) is 0 Å². The maximum absolute atomic E-state index is 12.1. The number of hydrogen-bond donors (Lipinski definition) is 1. The van der Waals surface area contributed by atoms with Crippen molar-refractivity contribution in [2.45, 2.75) is 39.5 Å². The monoisotopic (exact) mass is 313 g/mol. The number of ether oxygens (including phenoxy) is 1. The number of para-hydroxylation sites is 1. The quantitative estimate of drug-likeness (QED) is 0.431. The van der Waals surface area contributed by atoms with Crippen molar-refractivity contribution in [3.8, 4) is 0 Å². The molecule has 0 saturated heterocycles. The molecule has 0 aromatic heterocycles. The van der Waals surface area contributed by atoms with E-state index in [2.05, 4.69) is 0 Å². The van der Waals surface area contributed by atoms with Crippen molar-refractivity contribution in [1.82, 2.24) is 0 Å². The van der Waals surface area contributed by atoms with Gasteiger partial charge in [-0.1, -0.05) is 38.8 Å². The Balaban J connectivity index is 2.95. The minimum atomic E-state index is -2.16. The molecule has 1 rings (SSSR count). The number of benzene rings is 1. The fraction of sp³-hybridized carbons (Fsp3) is 0.533. The van der Waals surface area contributed by atoms with E-state index in [1.165, 1.54) is 4.31 Å². The summed E-state index contributed by atoms with van der Waals surface area (Å²) in [6, 6.07) is 6.75. The number of rotatable bonds is 9. The summed E-state index contributed by atoms with van der Waals surface area (Å²) >= 11 is -2.16. The van der Waals surface area contributed by atoms with Crippen molar-refractivity contribution in [3.63, 3.8) is 0 Å². The average Bonchev–Trinajstić information content (AvgIpc) is 2.48. The van der Waals surface area contributed by atoms with E-state index >= 15 is 0 Å². The van der Waals surface area contributed by atoms with Crippen molar-refractivity contribution < 1.29 is 18.3 Å². The first kappa shape index (κ1) is 17.7. The van der Waals surface area contributed by atoms with Gasteiger partial charge in [0.2, 0.25) is 0 Å². The van der Waals surface area contributed by atoms with Gasteiger partial charge in [-0.2, -0.15) is 0 Å². The highest BCUT2D eigenvalue weighted by Gasteiger charge is 2.20. The Morgan fingerprint density at radius 3 is 2.52 bits per heavy atom. The third kappa shape index (κ3) is 5.47. The molecule has 1 unspecified atom stereocenters. The summed E-state index contributed by atoms with van der Waals surface area (Å²) in [7, 11) is 0. The van der Waals surface area contributed by atoms with Crippen LogP contribution in [0.15, 0.2) is 24.3 Å². The first-order chi connectivity index (χ1) is 10.1. The molecule has 6 heteroatoms. The van der Waals surface area contributed by atoms with E-state index in [1.807, 2.05) is 13.8 Å². The lowest BCUT2D eigenvalue weighted by Crippen LogP contribution is -2.28.